The van der Waals surface area contributed by atoms with Crippen LogP contribution in [0.25, 0.3) is 0 Å². The van der Waals surface area contributed by atoms with Gasteiger partial charge in [0.2, 0.25) is 0 Å². The molecule has 0 atom stereocenters. The van der Waals surface area contributed by atoms with Crippen molar-refractivity contribution in [1.29, 1.82) is 0 Å². The van der Waals surface area contributed by atoms with Gasteiger partial charge in [-0.05, 0) is 23.1 Å². The van der Waals surface area contributed by atoms with Crippen molar-refractivity contribution in [3.05, 3.63) is 29.3 Å². The molecule has 0 saturated carbocycles. The van der Waals surface area contributed by atoms with Crippen molar-refractivity contribution in [2.24, 2.45) is 10.7 Å². The fourth-order valence-corrected chi connectivity index (χ4v) is 1.34. The van der Waals surface area contributed by atoms with Gasteiger partial charge < -0.3 is 10.8 Å². The third kappa shape index (κ3) is 2.49. The molecule has 0 aliphatic carbocycles. The third-order valence-corrected chi connectivity index (χ3v) is 2.38. The minimum Gasteiger partial charge on any atom is -0.507 e. The lowest BCUT2D eigenvalue weighted by molar-refractivity contribution is 0.470. The molecule has 0 aromatic heterocycles. The highest BCUT2D eigenvalue weighted by atomic mass is 16.3. The number of amidine groups is 1. The van der Waals surface area contributed by atoms with Crippen LogP contribution in [0.1, 0.15) is 31.9 Å². The maximum absolute atomic E-state index is 9.80. The SMILES string of the molecule is CN=C(N)c1ccc(C(C)(C)C)cc1O. The van der Waals surface area contributed by atoms with Crippen LogP contribution in [0.15, 0.2) is 23.2 Å². The second-order valence-electron chi connectivity index (χ2n) is 4.59. The summed E-state index contributed by atoms with van der Waals surface area (Å²) in [5, 5.41) is 9.80. The lowest BCUT2D eigenvalue weighted by Gasteiger charge is -2.19. The van der Waals surface area contributed by atoms with Gasteiger partial charge in [0.25, 0.3) is 0 Å². The summed E-state index contributed by atoms with van der Waals surface area (Å²) in [5.41, 5.74) is 7.33. The van der Waals surface area contributed by atoms with Crippen molar-refractivity contribution in [3.63, 3.8) is 0 Å². The highest BCUT2D eigenvalue weighted by Crippen LogP contribution is 2.27. The van der Waals surface area contributed by atoms with Crippen molar-refractivity contribution in [2.45, 2.75) is 26.2 Å². The molecule has 3 heteroatoms. The smallest absolute Gasteiger partial charge is 0.129 e. The zero-order valence-electron chi connectivity index (χ0n) is 9.70. The van der Waals surface area contributed by atoms with Crippen molar-refractivity contribution < 1.29 is 5.11 Å². The van der Waals surface area contributed by atoms with Crippen LogP contribution >= 0.6 is 0 Å². The predicted octanol–water partition coefficient (Wildman–Crippen LogP) is 2.02. The Kier molecular flexibility index (Phi) is 3.03. The lowest BCUT2D eigenvalue weighted by atomic mass is 9.86. The lowest BCUT2D eigenvalue weighted by Crippen LogP contribution is -2.15. The second kappa shape index (κ2) is 3.93. The van der Waals surface area contributed by atoms with Crippen LogP contribution in [-0.4, -0.2) is 18.0 Å². The molecule has 3 nitrogen and oxygen atoms in total. The number of nitrogens with zero attached hydrogens (tertiary/aromatic N) is 1. The normalized spacial score (nSPS) is 12.9. The molecule has 0 aliphatic rings. The van der Waals surface area contributed by atoms with Crippen molar-refractivity contribution in [3.8, 4) is 5.75 Å². The van der Waals surface area contributed by atoms with Crippen LogP contribution in [0.2, 0.25) is 0 Å². The molecular weight excluding hydrogens is 188 g/mol. The first-order valence-electron chi connectivity index (χ1n) is 4.92. The van der Waals surface area contributed by atoms with E-state index in [4.69, 9.17) is 5.73 Å². The van der Waals surface area contributed by atoms with Gasteiger partial charge in [0.15, 0.2) is 0 Å². The van der Waals surface area contributed by atoms with Crippen LogP contribution in [0, 0.1) is 0 Å². The van der Waals surface area contributed by atoms with Gasteiger partial charge in [0.1, 0.15) is 11.6 Å². The Bertz CT molecular complexity index is 389. The molecule has 0 amide bonds. The number of aromatic hydroxyl groups is 1. The zero-order chi connectivity index (χ0) is 11.6. The highest BCUT2D eigenvalue weighted by Gasteiger charge is 2.15. The Morgan fingerprint density at radius 2 is 1.93 bits per heavy atom. The first-order valence-corrected chi connectivity index (χ1v) is 4.92. The maximum atomic E-state index is 9.80. The molecule has 1 aromatic rings. The molecule has 1 rings (SSSR count). The first kappa shape index (κ1) is 11.6. The molecule has 0 spiro atoms. The summed E-state index contributed by atoms with van der Waals surface area (Å²) in [4.78, 5) is 3.85. The van der Waals surface area contributed by atoms with E-state index in [0.29, 0.717) is 11.4 Å². The largest absolute Gasteiger partial charge is 0.507 e. The molecule has 3 N–H and O–H groups in total. The van der Waals surface area contributed by atoms with Gasteiger partial charge in [-0.3, -0.25) is 4.99 Å². The summed E-state index contributed by atoms with van der Waals surface area (Å²) in [6.07, 6.45) is 0. The monoisotopic (exact) mass is 206 g/mol. The van der Waals surface area contributed by atoms with E-state index in [1.54, 1.807) is 19.2 Å². The Morgan fingerprint density at radius 3 is 2.33 bits per heavy atom. The molecule has 0 aliphatic heterocycles. The molecule has 0 unspecified atom stereocenters. The van der Waals surface area contributed by atoms with Gasteiger partial charge in [0.05, 0.1) is 5.56 Å². The number of phenols is 1. The predicted molar refractivity (Wildman–Crippen MR) is 63.5 cm³/mol. The number of phenolic OH excluding ortho intramolecular Hbond substituents is 1. The van der Waals surface area contributed by atoms with E-state index in [2.05, 4.69) is 25.8 Å². The van der Waals surface area contributed by atoms with E-state index < -0.39 is 0 Å². The Hall–Kier alpha value is -1.51. The summed E-state index contributed by atoms with van der Waals surface area (Å²) in [7, 11) is 1.60. The number of benzene rings is 1. The van der Waals surface area contributed by atoms with Crippen LogP contribution in [0.3, 0.4) is 0 Å². The molecule has 15 heavy (non-hydrogen) atoms. The summed E-state index contributed by atoms with van der Waals surface area (Å²) >= 11 is 0. The fraction of sp³-hybridized carbons (Fsp3) is 0.417. The molecule has 0 bridgehead atoms. The molecule has 0 fully saturated rings. The van der Waals surface area contributed by atoms with Gasteiger partial charge in [-0.1, -0.05) is 26.8 Å². The van der Waals surface area contributed by atoms with Gasteiger partial charge in [-0.25, -0.2) is 0 Å². The molecule has 0 radical (unpaired) electrons. The number of hydrogen-bond acceptors (Lipinski definition) is 2. The maximum Gasteiger partial charge on any atom is 0.129 e. The van der Waals surface area contributed by atoms with Gasteiger partial charge in [-0.15, -0.1) is 0 Å². The van der Waals surface area contributed by atoms with Crippen molar-refractivity contribution in [2.75, 3.05) is 7.05 Å². The van der Waals surface area contributed by atoms with Crippen LogP contribution in [-0.2, 0) is 5.41 Å². The average Bonchev–Trinajstić information content (AvgIpc) is 2.15. The minimum absolute atomic E-state index is 0.0220. The average molecular weight is 206 g/mol. The molecule has 0 heterocycles. The molecular formula is C12H18N2O. The summed E-state index contributed by atoms with van der Waals surface area (Å²) in [6.45, 7) is 6.29. The first-order chi connectivity index (χ1) is 6.86. The van der Waals surface area contributed by atoms with E-state index in [1.165, 1.54) is 0 Å². The highest BCUT2D eigenvalue weighted by molar-refractivity contribution is 5.99. The number of hydrogen-bond donors (Lipinski definition) is 2. The van der Waals surface area contributed by atoms with Crippen LogP contribution in [0.4, 0.5) is 0 Å². The van der Waals surface area contributed by atoms with E-state index in [1.807, 2.05) is 6.07 Å². The van der Waals surface area contributed by atoms with E-state index in [9.17, 15) is 5.11 Å². The van der Waals surface area contributed by atoms with Crippen LogP contribution < -0.4 is 5.73 Å². The number of nitrogens with two attached hydrogens (primary N) is 1. The number of rotatable bonds is 1. The van der Waals surface area contributed by atoms with Gasteiger partial charge in [0, 0.05) is 7.05 Å². The third-order valence-electron chi connectivity index (χ3n) is 2.38. The molecule has 0 saturated heterocycles. The zero-order valence-corrected chi connectivity index (χ0v) is 9.70. The molecule has 82 valence electrons. The Balaban J connectivity index is 3.21. The van der Waals surface area contributed by atoms with Crippen molar-refractivity contribution >= 4 is 5.84 Å². The van der Waals surface area contributed by atoms with Crippen molar-refractivity contribution in [1.82, 2.24) is 0 Å². The summed E-state index contributed by atoms with van der Waals surface area (Å²) in [6, 6.07) is 5.51. The van der Waals surface area contributed by atoms with E-state index >= 15 is 0 Å². The van der Waals surface area contributed by atoms with Crippen LogP contribution in [0.5, 0.6) is 5.75 Å². The minimum atomic E-state index is 0.0220. The summed E-state index contributed by atoms with van der Waals surface area (Å²) in [5.74, 6) is 0.540. The topological polar surface area (TPSA) is 58.6 Å². The standard InChI is InChI=1S/C12H18N2O/c1-12(2,3)8-5-6-9(10(15)7-8)11(13)14-4/h5-7,15H,1-4H3,(H2,13,14). The fourth-order valence-electron chi connectivity index (χ4n) is 1.34. The quantitative estimate of drug-likeness (QED) is 0.545. The summed E-state index contributed by atoms with van der Waals surface area (Å²) < 4.78 is 0. The van der Waals surface area contributed by atoms with Gasteiger partial charge >= 0.3 is 0 Å². The number of aliphatic imine (C=N–C) groups is 1. The molecule has 1 aromatic carbocycles. The Morgan fingerprint density at radius 1 is 1.33 bits per heavy atom. The second-order valence-corrected chi connectivity index (χ2v) is 4.59. The Labute approximate surface area is 90.7 Å². The van der Waals surface area contributed by atoms with Gasteiger partial charge in [-0.2, -0.15) is 0 Å². The van der Waals surface area contributed by atoms with E-state index in [0.717, 1.165) is 5.56 Å². The van der Waals surface area contributed by atoms with E-state index in [-0.39, 0.29) is 11.2 Å².